The van der Waals surface area contributed by atoms with Crippen LogP contribution in [0.25, 0.3) is 0 Å². The van der Waals surface area contributed by atoms with E-state index in [2.05, 4.69) is 10.3 Å². The van der Waals surface area contributed by atoms with Crippen molar-refractivity contribution < 1.29 is 4.79 Å². The molecular weight excluding hydrogens is 276 g/mol. The van der Waals surface area contributed by atoms with Crippen LogP contribution in [0.3, 0.4) is 0 Å². The standard InChI is InChI=1S/C14H15ClN4O/c1-19(2)14(20)13-8-10(5-6-17-13)18-12-7-9(16)3-4-11(12)15/h3-8H,16H2,1-2H3,(H,17,18). The number of aromatic nitrogens is 1. The first-order valence-corrected chi connectivity index (χ1v) is 6.35. The molecule has 0 saturated heterocycles. The lowest BCUT2D eigenvalue weighted by Crippen LogP contribution is -2.22. The molecule has 0 aliphatic carbocycles. The van der Waals surface area contributed by atoms with Crippen molar-refractivity contribution in [3.05, 3.63) is 47.2 Å². The molecule has 0 aliphatic heterocycles. The zero-order chi connectivity index (χ0) is 14.7. The zero-order valence-corrected chi connectivity index (χ0v) is 12.0. The number of nitrogens with one attached hydrogen (secondary N) is 1. The largest absolute Gasteiger partial charge is 0.399 e. The highest BCUT2D eigenvalue weighted by Crippen LogP contribution is 2.27. The van der Waals surface area contributed by atoms with Crippen molar-refractivity contribution in [2.24, 2.45) is 0 Å². The SMILES string of the molecule is CN(C)C(=O)c1cc(Nc2cc(N)ccc2Cl)ccn1. The van der Waals surface area contributed by atoms with Crippen molar-refractivity contribution in [2.45, 2.75) is 0 Å². The van der Waals surface area contributed by atoms with Gasteiger partial charge in [0.25, 0.3) is 5.91 Å². The van der Waals surface area contributed by atoms with Crippen molar-refractivity contribution in [1.29, 1.82) is 0 Å². The number of rotatable bonds is 3. The molecule has 20 heavy (non-hydrogen) atoms. The fourth-order valence-corrected chi connectivity index (χ4v) is 1.81. The summed E-state index contributed by atoms with van der Waals surface area (Å²) in [4.78, 5) is 17.4. The first kappa shape index (κ1) is 14.1. The predicted molar refractivity (Wildman–Crippen MR) is 81.4 cm³/mol. The second-order valence-electron chi connectivity index (χ2n) is 4.49. The van der Waals surface area contributed by atoms with E-state index in [0.717, 1.165) is 5.69 Å². The molecule has 1 heterocycles. The zero-order valence-electron chi connectivity index (χ0n) is 11.2. The minimum absolute atomic E-state index is 0.160. The summed E-state index contributed by atoms with van der Waals surface area (Å²) in [6, 6.07) is 8.59. The van der Waals surface area contributed by atoms with Crippen LogP contribution in [-0.4, -0.2) is 29.9 Å². The number of anilines is 3. The average molecular weight is 291 g/mol. The van der Waals surface area contributed by atoms with Crippen LogP contribution < -0.4 is 11.1 Å². The van der Waals surface area contributed by atoms with Crippen LogP contribution in [0.4, 0.5) is 17.1 Å². The van der Waals surface area contributed by atoms with Gasteiger partial charge in [0.2, 0.25) is 0 Å². The maximum atomic E-state index is 11.9. The maximum absolute atomic E-state index is 11.9. The molecule has 1 aromatic heterocycles. The van der Waals surface area contributed by atoms with Gasteiger partial charge >= 0.3 is 0 Å². The highest BCUT2D eigenvalue weighted by Gasteiger charge is 2.10. The minimum atomic E-state index is -0.160. The third-order valence-electron chi connectivity index (χ3n) is 2.65. The Morgan fingerprint density at radius 2 is 2.05 bits per heavy atom. The molecule has 1 aromatic carbocycles. The number of amides is 1. The van der Waals surface area contributed by atoms with E-state index in [1.54, 1.807) is 50.6 Å². The number of nitrogens with two attached hydrogens (primary N) is 1. The Hall–Kier alpha value is -2.27. The van der Waals surface area contributed by atoms with E-state index >= 15 is 0 Å². The van der Waals surface area contributed by atoms with Gasteiger partial charge in [0, 0.05) is 31.7 Å². The lowest BCUT2D eigenvalue weighted by Gasteiger charge is -2.12. The lowest BCUT2D eigenvalue weighted by molar-refractivity contribution is 0.0822. The molecule has 104 valence electrons. The monoisotopic (exact) mass is 290 g/mol. The number of carbonyl (C=O) groups is 1. The number of nitrogen functional groups attached to an aromatic ring is 1. The molecule has 0 radical (unpaired) electrons. The lowest BCUT2D eigenvalue weighted by atomic mass is 10.2. The van der Waals surface area contributed by atoms with Gasteiger partial charge in [-0.25, -0.2) is 0 Å². The third kappa shape index (κ3) is 3.19. The second kappa shape index (κ2) is 5.79. The van der Waals surface area contributed by atoms with Gasteiger partial charge in [0.05, 0.1) is 10.7 Å². The van der Waals surface area contributed by atoms with Gasteiger partial charge in [0.1, 0.15) is 5.69 Å². The van der Waals surface area contributed by atoms with Gasteiger partial charge in [-0.05, 0) is 30.3 Å². The molecule has 6 heteroatoms. The van der Waals surface area contributed by atoms with E-state index in [0.29, 0.717) is 22.1 Å². The summed E-state index contributed by atoms with van der Waals surface area (Å²) in [6.45, 7) is 0. The highest BCUT2D eigenvalue weighted by molar-refractivity contribution is 6.33. The molecule has 0 bridgehead atoms. The summed E-state index contributed by atoms with van der Waals surface area (Å²) < 4.78 is 0. The Bertz CT molecular complexity index is 643. The van der Waals surface area contributed by atoms with E-state index in [4.69, 9.17) is 17.3 Å². The molecule has 0 atom stereocenters. The summed E-state index contributed by atoms with van der Waals surface area (Å²) in [5, 5.41) is 3.68. The molecule has 5 nitrogen and oxygen atoms in total. The number of hydrogen-bond donors (Lipinski definition) is 2. The number of hydrogen-bond acceptors (Lipinski definition) is 4. The van der Waals surface area contributed by atoms with E-state index in [1.165, 1.54) is 4.90 Å². The third-order valence-corrected chi connectivity index (χ3v) is 2.98. The van der Waals surface area contributed by atoms with E-state index in [9.17, 15) is 4.79 Å². The molecule has 0 spiro atoms. The van der Waals surface area contributed by atoms with Crippen LogP contribution in [0.5, 0.6) is 0 Å². The molecule has 1 amide bonds. The Morgan fingerprint density at radius 1 is 1.30 bits per heavy atom. The van der Waals surface area contributed by atoms with Crippen LogP contribution in [-0.2, 0) is 0 Å². The maximum Gasteiger partial charge on any atom is 0.272 e. The number of nitrogens with zero attached hydrogens (tertiary/aromatic N) is 2. The van der Waals surface area contributed by atoms with E-state index in [-0.39, 0.29) is 5.91 Å². The summed E-state index contributed by atoms with van der Waals surface area (Å²) in [5.41, 5.74) is 8.10. The Kier molecular flexibility index (Phi) is 4.10. The summed E-state index contributed by atoms with van der Waals surface area (Å²) in [7, 11) is 3.36. The van der Waals surface area contributed by atoms with Crippen molar-refractivity contribution >= 4 is 34.6 Å². The summed E-state index contributed by atoms with van der Waals surface area (Å²) in [5.74, 6) is -0.160. The Balaban J connectivity index is 2.28. The molecule has 3 N–H and O–H groups in total. The predicted octanol–water partition coefficient (Wildman–Crippen LogP) is 2.76. The average Bonchev–Trinajstić information content (AvgIpc) is 2.42. The smallest absolute Gasteiger partial charge is 0.272 e. The molecule has 0 saturated carbocycles. The molecule has 2 rings (SSSR count). The quantitative estimate of drug-likeness (QED) is 0.853. The fourth-order valence-electron chi connectivity index (χ4n) is 1.65. The van der Waals surface area contributed by atoms with Gasteiger partial charge in [-0.3, -0.25) is 9.78 Å². The molecule has 0 unspecified atom stereocenters. The summed E-state index contributed by atoms with van der Waals surface area (Å²) >= 11 is 6.09. The van der Waals surface area contributed by atoms with Crippen LogP contribution >= 0.6 is 11.6 Å². The van der Waals surface area contributed by atoms with Gasteiger partial charge in [-0.2, -0.15) is 0 Å². The van der Waals surface area contributed by atoms with E-state index in [1.807, 2.05) is 0 Å². The molecule has 2 aromatic rings. The van der Waals surface area contributed by atoms with Gasteiger partial charge in [-0.15, -0.1) is 0 Å². The second-order valence-corrected chi connectivity index (χ2v) is 4.90. The molecule has 0 fully saturated rings. The van der Waals surface area contributed by atoms with Crippen LogP contribution in [0.1, 0.15) is 10.5 Å². The fraction of sp³-hybridized carbons (Fsp3) is 0.143. The molecular formula is C14H15ClN4O. The van der Waals surface area contributed by atoms with Crippen LogP contribution in [0.2, 0.25) is 5.02 Å². The topological polar surface area (TPSA) is 71.2 Å². The van der Waals surface area contributed by atoms with Crippen molar-refractivity contribution in [2.75, 3.05) is 25.1 Å². The summed E-state index contributed by atoms with van der Waals surface area (Å²) in [6.07, 6.45) is 1.57. The normalized spacial score (nSPS) is 10.2. The number of carbonyl (C=O) groups excluding carboxylic acids is 1. The van der Waals surface area contributed by atoms with E-state index < -0.39 is 0 Å². The highest BCUT2D eigenvalue weighted by atomic mass is 35.5. The number of halogens is 1. The Labute approximate surface area is 122 Å². The number of benzene rings is 1. The van der Waals surface area contributed by atoms with Gasteiger partial charge < -0.3 is 16.0 Å². The number of pyridine rings is 1. The first-order valence-electron chi connectivity index (χ1n) is 5.97. The molecule has 0 aliphatic rings. The van der Waals surface area contributed by atoms with Gasteiger partial charge in [0.15, 0.2) is 0 Å². The van der Waals surface area contributed by atoms with Gasteiger partial charge in [-0.1, -0.05) is 11.6 Å². The van der Waals surface area contributed by atoms with Crippen molar-refractivity contribution in [3.63, 3.8) is 0 Å². The van der Waals surface area contributed by atoms with Crippen molar-refractivity contribution in [1.82, 2.24) is 9.88 Å². The van der Waals surface area contributed by atoms with Crippen molar-refractivity contribution in [3.8, 4) is 0 Å². The van der Waals surface area contributed by atoms with Crippen LogP contribution in [0, 0.1) is 0 Å². The Morgan fingerprint density at radius 3 is 2.75 bits per heavy atom. The minimum Gasteiger partial charge on any atom is -0.399 e. The first-order chi connectivity index (χ1) is 9.47. The van der Waals surface area contributed by atoms with Crippen LogP contribution in [0.15, 0.2) is 36.5 Å².